The van der Waals surface area contributed by atoms with Crippen LogP contribution in [0, 0.1) is 5.92 Å². The van der Waals surface area contributed by atoms with Crippen LogP contribution in [0.2, 0.25) is 0 Å². The number of halogens is 1. The predicted octanol–water partition coefficient (Wildman–Crippen LogP) is 1.29. The first kappa shape index (κ1) is 12.6. The third kappa shape index (κ3) is 4.87. The summed E-state index contributed by atoms with van der Waals surface area (Å²) in [7, 11) is -3.07. The molecule has 1 fully saturated rings. The molecule has 1 rings (SSSR count). The van der Waals surface area contributed by atoms with Gasteiger partial charge in [0.05, 0.1) is 5.75 Å². The maximum atomic E-state index is 11.4. The van der Waals surface area contributed by atoms with Crippen LogP contribution in [0.5, 0.6) is 0 Å². The number of nitrogens with one attached hydrogen (secondary N) is 1. The maximum Gasteiger partial charge on any atom is 0.211 e. The van der Waals surface area contributed by atoms with Gasteiger partial charge in [-0.25, -0.2) is 13.1 Å². The quantitative estimate of drug-likeness (QED) is 0.730. The van der Waals surface area contributed by atoms with Crippen LogP contribution in [0.3, 0.4) is 0 Å². The molecule has 14 heavy (non-hydrogen) atoms. The Hall–Kier alpha value is 0.550. The topological polar surface area (TPSA) is 46.2 Å². The van der Waals surface area contributed by atoms with Gasteiger partial charge in [0.2, 0.25) is 10.0 Å². The summed E-state index contributed by atoms with van der Waals surface area (Å²) in [4.78, 5) is 0. The van der Waals surface area contributed by atoms with Crippen LogP contribution in [0.25, 0.3) is 0 Å². The fourth-order valence-electron chi connectivity index (χ4n) is 1.31. The van der Waals surface area contributed by atoms with E-state index in [0.29, 0.717) is 24.8 Å². The summed E-state index contributed by atoms with van der Waals surface area (Å²) in [5.74, 6) is 3.31. The lowest BCUT2D eigenvalue weighted by atomic mass is 10.1. The lowest BCUT2D eigenvalue weighted by Gasteiger charge is -2.09. The number of alkyl halides is 1. The molecule has 0 aromatic carbocycles. The van der Waals surface area contributed by atoms with Gasteiger partial charge in [0.25, 0.3) is 0 Å². The summed E-state index contributed by atoms with van der Waals surface area (Å²) < 4.78 is 25.4. The Morgan fingerprint density at radius 2 is 2.29 bits per heavy atom. The van der Waals surface area contributed by atoms with Crippen molar-refractivity contribution in [2.45, 2.75) is 12.8 Å². The third-order valence-corrected chi connectivity index (χ3v) is 5.09. The molecule has 0 bridgehead atoms. The van der Waals surface area contributed by atoms with E-state index in [2.05, 4.69) is 4.72 Å². The SMILES string of the molecule is O=S(=O)(CCCCl)NCC1CCSC1. The number of hydrogen-bond acceptors (Lipinski definition) is 3. The molecule has 0 aliphatic carbocycles. The van der Waals surface area contributed by atoms with E-state index in [1.807, 2.05) is 11.8 Å². The lowest BCUT2D eigenvalue weighted by Crippen LogP contribution is -2.31. The molecule has 0 spiro atoms. The molecule has 1 atom stereocenters. The minimum absolute atomic E-state index is 0.149. The molecule has 0 amide bonds. The molecule has 1 heterocycles. The normalized spacial score (nSPS) is 22.8. The number of sulfonamides is 1. The van der Waals surface area contributed by atoms with Gasteiger partial charge in [-0.3, -0.25) is 0 Å². The van der Waals surface area contributed by atoms with E-state index in [0.717, 1.165) is 17.9 Å². The van der Waals surface area contributed by atoms with Crippen LogP contribution in [0.4, 0.5) is 0 Å². The molecule has 1 aliphatic heterocycles. The molecule has 84 valence electrons. The largest absolute Gasteiger partial charge is 0.215 e. The standard InChI is InChI=1S/C8H16ClNO2S2/c9-3-1-5-14(11,12)10-6-8-2-4-13-7-8/h8,10H,1-7H2. The van der Waals surface area contributed by atoms with Gasteiger partial charge >= 0.3 is 0 Å². The molecule has 0 aromatic rings. The fourth-order valence-corrected chi connectivity index (χ4v) is 4.04. The molecule has 0 saturated carbocycles. The molecule has 3 nitrogen and oxygen atoms in total. The van der Waals surface area contributed by atoms with Gasteiger partial charge in [-0.2, -0.15) is 11.8 Å². The Morgan fingerprint density at radius 1 is 1.50 bits per heavy atom. The highest BCUT2D eigenvalue weighted by Crippen LogP contribution is 2.22. The fraction of sp³-hybridized carbons (Fsp3) is 1.00. The van der Waals surface area contributed by atoms with Crippen molar-refractivity contribution in [2.24, 2.45) is 5.92 Å². The van der Waals surface area contributed by atoms with Crippen molar-refractivity contribution in [2.75, 3.05) is 29.7 Å². The van der Waals surface area contributed by atoms with Gasteiger partial charge in [0, 0.05) is 12.4 Å². The van der Waals surface area contributed by atoms with Crippen molar-refractivity contribution in [3.05, 3.63) is 0 Å². The number of thioether (sulfide) groups is 1. The van der Waals surface area contributed by atoms with E-state index in [1.165, 1.54) is 0 Å². The molecule has 1 unspecified atom stereocenters. The third-order valence-electron chi connectivity index (χ3n) is 2.16. The molecule has 1 aliphatic rings. The first-order valence-electron chi connectivity index (χ1n) is 4.75. The summed E-state index contributed by atoms with van der Waals surface area (Å²) >= 11 is 7.33. The van der Waals surface area contributed by atoms with Gasteiger partial charge in [0.1, 0.15) is 0 Å². The molecule has 0 aromatic heterocycles. The zero-order valence-corrected chi connectivity index (χ0v) is 10.4. The molecule has 0 radical (unpaired) electrons. The van der Waals surface area contributed by atoms with Gasteiger partial charge in [-0.05, 0) is 30.3 Å². The summed E-state index contributed by atoms with van der Waals surface area (Å²) in [5, 5.41) is 0. The minimum atomic E-state index is -3.07. The second-order valence-corrected chi connectivity index (χ2v) is 6.89. The first-order chi connectivity index (χ1) is 6.64. The van der Waals surface area contributed by atoms with Gasteiger partial charge in [0.15, 0.2) is 0 Å². The van der Waals surface area contributed by atoms with E-state index < -0.39 is 10.0 Å². The molecular formula is C8H16ClNO2S2. The Morgan fingerprint density at radius 3 is 2.86 bits per heavy atom. The van der Waals surface area contributed by atoms with Crippen LogP contribution in [-0.2, 0) is 10.0 Å². The predicted molar refractivity (Wildman–Crippen MR) is 62.6 cm³/mol. The summed E-state index contributed by atoms with van der Waals surface area (Å²) in [6.45, 7) is 0.595. The highest BCUT2D eigenvalue weighted by atomic mass is 35.5. The zero-order chi connectivity index (χ0) is 10.4. The summed E-state index contributed by atoms with van der Waals surface area (Å²) in [6.07, 6.45) is 1.65. The van der Waals surface area contributed by atoms with Crippen LogP contribution < -0.4 is 4.72 Å². The molecule has 6 heteroatoms. The van der Waals surface area contributed by atoms with E-state index in [9.17, 15) is 8.42 Å². The van der Waals surface area contributed by atoms with Crippen molar-refractivity contribution in [1.29, 1.82) is 0 Å². The second-order valence-electron chi connectivity index (χ2n) is 3.44. The van der Waals surface area contributed by atoms with E-state index in [1.54, 1.807) is 0 Å². The first-order valence-corrected chi connectivity index (χ1v) is 8.09. The smallest absolute Gasteiger partial charge is 0.211 e. The van der Waals surface area contributed by atoms with E-state index >= 15 is 0 Å². The van der Waals surface area contributed by atoms with Gasteiger partial charge in [-0.15, -0.1) is 11.6 Å². The van der Waals surface area contributed by atoms with Gasteiger partial charge < -0.3 is 0 Å². The Balaban J connectivity index is 2.21. The summed E-state index contributed by atoms with van der Waals surface area (Å²) in [6, 6.07) is 0. The highest BCUT2D eigenvalue weighted by Gasteiger charge is 2.18. The van der Waals surface area contributed by atoms with Crippen LogP contribution in [0.1, 0.15) is 12.8 Å². The van der Waals surface area contributed by atoms with Crippen molar-refractivity contribution >= 4 is 33.4 Å². The monoisotopic (exact) mass is 257 g/mol. The second kappa shape index (κ2) is 6.20. The molecule has 1 N–H and O–H groups in total. The van der Waals surface area contributed by atoms with Crippen molar-refractivity contribution < 1.29 is 8.42 Å². The lowest BCUT2D eigenvalue weighted by molar-refractivity contribution is 0.545. The average molecular weight is 258 g/mol. The summed E-state index contributed by atoms with van der Waals surface area (Å²) in [5.41, 5.74) is 0. The van der Waals surface area contributed by atoms with Crippen molar-refractivity contribution in [3.63, 3.8) is 0 Å². The molecular weight excluding hydrogens is 242 g/mol. The van der Waals surface area contributed by atoms with Gasteiger partial charge in [-0.1, -0.05) is 0 Å². The number of rotatable bonds is 6. The number of hydrogen-bond donors (Lipinski definition) is 1. The molecule has 1 saturated heterocycles. The highest BCUT2D eigenvalue weighted by molar-refractivity contribution is 7.99. The Labute approximate surface area is 95.0 Å². The maximum absolute atomic E-state index is 11.4. The minimum Gasteiger partial charge on any atom is -0.215 e. The van der Waals surface area contributed by atoms with Crippen LogP contribution in [-0.4, -0.2) is 38.1 Å². The van der Waals surface area contributed by atoms with Crippen LogP contribution in [0.15, 0.2) is 0 Å². The van der Waals surface area contributed by atoms with Crippen molar-refractivity contribution in [1.82, 2.24) is 4.72 Å². The van der Waals surface area contributed by atoms with E-state index in [-0.39, 0.29) is 5.75 Å². The Kier molecular flexibility index (Phi) is 5.59. The Bertz CT molecular complexity index is 250. The van der Waals surface area contributed by atoms with Crippen LogP contribution >= 0.6 is 23.4 Å². The van der Waals surface area contributed by atoms with Crippen molar-refractivity contribution in [3.8, 4) is 0 Å². The van der Waals surface area contributed by atoms with E-state index in [4.69, 9.17) is 11.6 Å². The average Bonchev–Trinajstić information content (AvgIpc) is 2.64. The zero-order valence-electron chi connectivity index (χ0n) is 8.04.